The fourth-order valence-electron chi connectivity index (χ4n) is 0.834. The Morgan fingerprint density at radius 3 is 2.50 bits per heavy atom. The van der Waals surface area contributed by atoms with Crippen LogP contribution in [0.25, 0.3) is 0 Å². The fourth-order valence-corrected chi connectivity index (χ4v) is 0.834. The Balaban J connectivity index is 2.78. The summed E-state index contributed by atoms with van der Waals surface area (Å²) in [6.45, 7) is 4.28. The highest BCUT2D eigenvalue weighted by Gasteiger charge is 1.97. The van der Waals surface area contributed by atoms with Gasteiger partial charge in [0.25, 0.3) is 0 Å². The third kappa shape index (κ3) is 1.32. The van der Waals surface area contributed by atoms with Crippen molar-refractivity contribution in [2.75, 3.05) is 7.11 Å². The SMILES string of the molecule is COc1ccn(C(C)C)c1. The van der Waals surface area contributed by atoms with E-state index in [2.05, 4.69) is 18.4 Å². The summed E-state index contributed by atoms with van der Waals surface area (Å²) in [5, 5.41) is 0. The third-order valence-electron chi connectivity index (χ3n) is 1.52. The van der Waals surface area contributed by atoms with Crippen LogP contribution in [0.15, 0.2) is 18.5 Å². The van der Waals surface area contributed by atoms with Gasteiger partial charge in [0.05, 0.1) is 7.11 Å². The van der Waals surface area contributed by atoms with E-state index in [9.17, 15) is 0 Å². The molecule has 0 aromatic carbocycles. The number of nitrogens with zero attached hydrogens (tertiary/aromatic N) is 1. The van der Waals surface area contributed by atoms with Gasteiger partial charge < -0.3 is 9.30 Å². The van der Waals surface area contributed by atoms with Crippen LogP contribution in [-0.4, -0.2) is 11.7 Å². The molecule has 0 fully saturated rings. The Labute approximate surface area is 61.4 Å². The summed E-state index contributed by atoms with van der Waals surface area (Å²) in [7, 11) is 1.68. The molecule has 0 amide bonds. The Hall–Kier alpha value is -0.920. The summed E-state index contributed by atoms with van der Waals surface area (Å²) in [5.41, 5.74) is 0. The van der Waals surface area contributed by atoms with Gasteiger partial charge in [-0.3, -0.25) is 0 Å². The first-order valence-corrected chi connectivity index (χ1v) is 3.45. The van der Waals surface area contributed by atoms with Crippen molar-refractivity contribution in [3.05, 3.63) is 18.5 Å². The molecule has 0 aliphatic heterocycles. The van der Waals surface area contributed by atoms with Crippen LogP contribution >= 0.6 is 0 Å². The summed E-state index contributed by atoms with van der Waals surface area (Å²) in [6.07, 6.45) is 4.01. The summed E-state index contributed by atoms with van der Waals surface area (Å²) >= 11 is 0. The molecule has 0 aliphatic rings. The van der Waals surface area contributed by atoms with Gasteiger partial charge in [-0.2, -0.15) is 0 Å². The molecule has 56 valence electrons. The van der Waals surface area contributed by atoms with Crippen LogP contribution in [0.1, 0.15) is 19.9 Å². The number of hydrogen-bond acceptors (Lipinski definition) is 1. The van der Waals surface area contributed by atoms with Gasteiger partial charge in [-0.05, 0) is 19.9 Å². The minimum Gasteiger partial charge on any atom is -0.495 e. The number of rotatable bonds is 2. The van der Waals surface area contributed by atoms with Gasteiger partial charge in [0.15, 0.2) is 0 Å². The molecular weight excluding hydrogens is 126 g/mol. The van der Waals surface area contributed by atoms with E-state index < -0.39 is 0 Å². The highest BCUT2D eigenvalue weighted by molar-refractivity contribution is 5.17. The topological polar surface area (TPSA) is 14.2 Å². The second-order valence-electron chi connectivity index (χ2n) is 2.59. The van der Waals surface area contributed by atoms with E-state index in [4.69, 9.17) is 4.74 Å². The predicted octanol–water partition coefficient (Wildman–Crippen LogP) is 2.08. The number of aromatic nitrogens is 1. The van der Waals surface area contributed by atoms with Crippen LogP contribution in [0.5, 0.6) is 5.75 Å². The molecule has 1 rings (SSSR count). The average Bonchev–Trinajstić information content (AvgIpc) is 2.34. The Morgan fingerprint density at radius 1 is 1.50 bits per heavy atom. The van der Waals surface area contributed by atoms with Gasteiger partial charge in [-0.15, -0.1) is 0 Å². The van der Waals surface area contributed by atoms with Crippen molar-refractivity contribution < 1.29 is 4.74 Å². The first-order chi connectivity index (χ1) is 4.74. The molecule has 1 aromatic heterocycles. The lowest BCUT2D eigenvalue weighted by Gasteiger charge is -2.04. The second-order valence-corrected chi connectivity index (χ2v) is 2.59. The van der Waals surface area contributed by atoms with Crippen molar-refractivity contribution in [2.45, 2.75) is 19.9 Å². The molecule has 0 saturated heterocycles. The molecule has 2 nitrogen and oxygen atoms in total. The van der Waals surface area contributed by atoms with Gasteiger partial charge in [0, 0.05) is 18.4 Å². The number of hydrogen-bond donors (Lipinski definition) is 0. The second kappa shape index (κ2) is 2.78. The summed E-state index contributed by atoms with van der Waals surface area (Å²) in [4.78, 5) is 0. The Bertz CT molecular complexity index is 203. The van der Waals surface area contributed by atoms with Crippen molar-refractivity contribution in [1.29, 1.82) is 0 Å². The zero-order valence-corrected chi connectivity index (χ0v) is 6.66. The standard InChI is InChI=1S/C8H13NO/c1-7(2)9-5-4-8(6-9)10-3/h4-7H,1-3H3. The summed E-state index contributed by atoms with van der Waals surface area (Å²) < 4.78 is 7.13. The van der Waals surface area contributed by atoms with E-state index in [0.29, 0.717) is 6.04 Å². The maximum Gasteiger partial charge on any atom is 0.136 e. The quantitative estimate of drug-likeness (QED) is 0.611. The maximum atomic E-state index is 5.02. The van der Waals surface area contributed by atoms with Crippen LogP contribution in [0.4, 0.5) is 0 Å². The molecule has 0 unspecified atom stereocenters. The zero-order valence-electron chi connectivity index (χ0n) is 6.66. The normalized spacial score (nSPS) is 10.4. The van der Waals surface area contributed by atoms with Crippen LogP contribution < -0.4 is 4.74 Å². The van der Waals surface area contributed by atoms with Crippen molar-refractivity contribution in [1.82, 2.24) is 4.57 Å². The molecular formula is C8H13NO. The monoisotopic (exact) mass is 139 g/mol. The lowest BCUT2D eigenvalue weighted by atomic mass is 10.4. The molecule has 0 bridgehead atoms. The lowest BCUT2D eigenvalue weighted by molar-refractivity contribution is 0.412. The largest absolute Gasteiger partial charge is 0.495 e. The van der Waals surface area contributed by atoms with Crippen LogP contribution in [-0.2, 0) is 0 Å². The molecule has 0 radical (unpaired) electrons. The van der Waals surface area contributed by atoms with E-state index in [1.807, 2.05) is 18.5 Å². The van der Waals surface area contributed by atoms with Crippen molar-refractivity contribution in [3.8, 4) is 5.75 Å². The van der Waals surface area contributed by atoms with Crippen LogP contribution in [0.3, 0.4) is 0 Å². The smallest absolute Gasteiger partial charge is 0.136 e. The first-order valence-electron chi connectivity index (χ1n) is 3.45. The molecule has 10 heavy (non-hydrogen) atoms. The number of ether oxygens (including phenoxy) is 1. The predicted molar refractivity (Wildman–Crippen MR) is 41.4 cm³/mol. The van der Waals surface area contributed by atoms with Gasteiger partial charge in [0.1, 0.15) is 5.75 Å². The van der Waals surface area contributed by atoms with E-state index in [1.54, 1.807) is 7.11 Å². The molecule has 0 saturated carbocycles. The average molecular weight is 139 g/mol. The van der Waals surface area contributed by atoms with Gasteiger partial charge in [-0.1, -0.05) is 0 Å². The fraction of sp³-hybridized carbons (Fsp3) is 0.500. The van der Waals surface area contributed by atoms with Gasteiger partial charge >= 0.3 is 0 Å². The Kier molecular flexibility index (Phi) is 2.00. The lowest BCUT2D eigenvalue weighted by Crippen LogP contribution is -1.95. The molecule has 0 N–H and O–H groups in total. The van der Waals surface area contributed by atoms with Gasteiger partial charge in [-0.25, -0.2) is 0 Å². The maximum absolute atomic E-state index is 5.02. The molecule has 2 heteroatoms. The molecule has 0 atom stereocenters. The first kappa shape index (κ1) is 7.19. The minimum absolute atomic E-state index is 0.517. The van der Waals surface area contributed by atoms with Gasteiger partial charge in [0.2, 0.25) is 0 Å². The van der Waals surface area contributed by atoms with Crippen LogP contribution in [0, 0.1) is 0 Å². The molecule has 0 aliphatic carbocycles. The van der Waals surface area contributed by atoms with E-state index in [0.717, 1.165) is 5.75 Å². The number of methoxy groups -OCH3 is 1. The van der Waals surface area contributed by atoms with Crippen molar-refractivity contribution >= 4 is 0 Å². The molecule has 0 spiro atoms. The zero-order chi connectivity index (χ0) is 7.56. The van der Waals surface area contributed by atoms with E-state index in [1.165, 1.54) is 0 Å². The van der Waals surface area contributed by atoms with Crippen LogP contribution in [0.2, 0.25) is 0 Å². The Morgan fingerprint density at radius 2 is 2.20 bits per heavy atom. The molecule has 1 aromatic rings. The highest BCUT2D eigenvalue weighted by atomic mass is 16.5. The van der Waals surface area contributed by atoms with Crippen molar-refractivity contribution in [3.63, 3.8) is 0 Å². The highest BCUT2D eigenvalue weighted by Crippen LogP contribution is 2.13. The summed E-state index contributed by atoms with van der Waals surface area (Å²) in [6, 6.07) is 2.48. The third-order valence-corrected chi connectivity index (χ3v) is 1.52. The summed E-state index contributed by atoms with van der Waals surface area (Å²) in [5.74, 6) is 0.925. The molecule has 1 heterocycles. The van der Waals surface area contributed by atoms with E-state index in [-0.39, 0.29) is 0 Å². The van der Waals surface area contributed by atoms with E-state index >= 15 is 0 Å². The minimum atomic E-state index is 0.517. The van der Waals surface area contributed by atoms with Crippen molar-refractivity contribution in [2.24, 2.45) is 0 Å².